The molecule has 1 heterocycles. The number of hydrogen-bond donors (Lipinski definition) is 1. The molecule has 0 aliphatic heterocycles. The molecule has 0 aliphatic rings. The van der Waals surface area contributed by atoms with Gasteiger partial charge in [0, 0.05) is 16.8 Å². The van der Waals surface area contributed by atoms with E-state index in [2.05, 4.69) is 20.8 Å². The lowest BCUT2D eigenvalue weighted by molar-refractivity contribution is -0.385. The third-order valence-corrected chi connectivity index (χ3v) is 3.35. The van der Waals surface area contributed by atoms with E-state index in [0.717, 1.165) is 6.07 Å². The van der Waals surface area contributed by atoms with E-state index in [1.807, 2.05) is 0 Å². The van der Waals surface area contributed by atoms with Crippen LogP contribution in [0.15, 0.2) is 48.8 Å². The van der Waals surface area contributed by atoms with Crippen LogP contribution in [-0.4, -0.2) is 31.0 Å². The lowest BCUT2D eigenvalue weighted by Gasteiger charge is -2.07. The van der Waals surface area contributed by atoms with Gasteiger partial charge in [-0.25, -0.2) is 4.68 Å². The van der Waals surface area contributed by atoms with Crippen LogP contribution < -0.4 is 5.32 Å². The average molecular weight is 345 g/mol. The molecule has 0 unspecified atom stereocenters. The zero-order valence-corrected chi connectivity index (χ0v) is 12.7. The first-order chi connectivity index (χ1) is 11.5. The van der Waals surface area contributed by atoms with E-state index in [1.54, 1.807) is 24.3 Å². The number of nitro groups is 1. The minimum Gasteiger partial charge on any atom is -0.322 e. The Morgan fingerprint density at radius 2 is 2.08 bits per heavy atom. The second-order valence-corrected chi connectivity index (χ2v) is 5.11. The predicted octanol–water partition coefficient (Wildman–Crippen LogP) is 2.48. The highest BCUT2D eigenvalue weighted by Gasteiger charge is 2.20. The number of carbonyl (C=O) groups is 1. The summed E-state index contributed by atoms with van der Waals surface area (Å²) in [5.74, 6) is -0.618. The Balaban J connectivity index is 1.88. The van der Waals surface area contributed by atoms with Crippen LogP contribution in [0.3, 0.4) is 0 Å². The summed E-state index contributed by atoms with van der Waals surface area (Å²) >= 11 is 5.75. The fourth-order valence-electron chi connectivity index (χ4n) is 2.05. The zero-order valence-electron chi connectivity index (χ0n) is 12.0. The monoisotopic (exact) mass is 344 g/mol. The summed E-state index contributed by atoms with van der Waals surface area (Å²) in [5.41, 5.74) is 0.620. The van der Waals surface area contributed by atoms with E-state index in [9.17, 15) is 14.9 Å². The van der Waals surface area contributed by atoms with Crippen LogP contribution in [0.2, 0.25) is 5.02 Å². The SMILES string of the molecule is O=C(Nc1cccc(-n2cnnn2)c1)c1ccc(Cl)cc1[N+](=O)[O-]. The average Bonchev–Trinajstić information content (AvgIpc) is 3.09. The third-order valence-electron chi connectivity index (χ3n) is 3.12. The lowest BCUT2D eigenvalue weighted by Crippen LogP contribution is -2.14. The van der Waals surface area contributed by atoms with Gasteiger partial charge in [0.1, 0.15) is 11.9 Å². The highest BCUT2D eigenvalue weighted by Crippen LogP contribution is 2.24. The summed E-state index contributed by atoms with van der Waals surface area (Å²) in [5, 5.41) is 24.7. The van der Waals surface area contributed by atoms with Gasteiger partial charge in [0.25, 0.3) is 11.6 Å². The van der Waals surface area contributed by atoms with Gasteiger partial charge in [-0.05, 0) is 40.8 Å². The minimum absolute atomic E-state index is 0.0859. The van der Waals surface area contributed by atoms with Crippen molar-refractivity contribution in [3.05, 3.63) is 69.5 Å². The van der Waals surface area contributed by atoms with Crippen molar-refractivity contribution in [2.45, 2.75) is 0 Å². The Bertz CT molecular complexity index is 913. The zero-order chi connectivity index (χ0) is 17.1. The number of tetrazole rings is 1. The number of halogens is 1. The van der Waals surface area contributed by atoms with Crippen LogP contribution in [0.4, 0.5) is 11.4 Å². The quantitative estimate of drug-likeness (QED) is 0.574. The van der Waals surface area contributed by atoms with E-state index < -0.39 is 10.8 Å². The van der Waals surface area contributed by atoms with Gasteiger partial charge in [-0.2, -0.15) is 0 Å². The summed E-state index contributed by atoms with van der Waals surface area (Å²) < 4.78 is 1.42. The molecule has 3 rings (SSSR count). The van der Waals surface area contributed by atoms with E-state index in [0.29, 0.717) is 11.4 Å². The molecule has 1 aromatic heterocycles. The van der Waals surface area contributed by atoms with E-state index in [1.165, 1.54) is 23.1 Å². The number of hydrogen-bond acceptors (Lipinski definition) is 6. The number of aromatic nitrogens is 4. The van der Waals surface area contributed by atoms with Crippen LogP contribution in [-0.2, 0) is 0 Å². The minimum atomic E-state index is -0.654. The first-order valence-corrected chi connectivity index (χ1v) is 7.01. The molecular formula is C14H9ClN6O3. The lowest BCUT2D eigenvalue weighted by atomic mass is 10.1. The smallest absolute Gasteiger partial charge is 0.283 e. The van der Waals surface area contributed by atoms with Crippen LogP contribution in [0.25, 0.3) is 5.69 Å². The highest BCUT2D eigenvalue weighted by atomic mass is 35.5. The normalized spacial score (nSPS) is 10.4. The topological polar surface area (TPSA) is 116 Å². The summed E-state index contributed by atoms with van der Waals surface area (Å²) in [4.78, 5) is 22.8. The molecular weight excluding hydrogens is 336 g/mol. The highest BCUT2D eigenvalue weighted by molar-refractivity contribution is 6.31. The van der Waals surface area contributed by atoms with Crippen LogP contribution >= 0.6 is 11.6 Å². The van der Waals surface area contributed by atoms with Crippen molar-refractivity contribution < 1.29 is 9.72 Å². The Labute approximate surface area is 140 Å². The largest absolute Gasteiger partial charge is 0.322 e. The summed E-state index contributed by atoms with van der Waals surface area (Å²) in [6, 6.07) is 10.6. The summed E-state index contributed by atoms with van der Waals surface area (Å²) in [6.45, 7) is 0. The number of benzene rings is 2. The molecule has 0 saturated heterocycles. The number of nitrogens with zero attached hydrogens (tertiary/aromatic N) is 5. The number of nitrogens with one attached hydrogen (secondary N) is 1. The van der Waals surface area contributed by atoms with Crippen LogP contribution in [0, 0.1) is 10.1 Å². The van der Waals surface area contributed by atoms with E-state index >= 15 is 0 Å². The molecule has 24 heavy (non-hydrogen) atoms. The van der Waals surface area contributed by atoms with E-state index in [4.69, 9.17) is 11.6 Å². The van der Waals surface area contributed by atoms with Gasteiger partial charge in [0.2, 0.25) is 0 Å². The Kier molecular flexibility index (Phi) is 4.17. The fourth-order valence-corrected chi connectivity index (χ4v) is 2.22. The molecule has 0 saturated carbocycles. The fraction of sp³-hybridized carbons (Fsp3) is 0. The van der Waals surface area contributed by atoms with Crippen molar-refractivity contribution >= 4 is 28.9 Å². The van der Waals surface area contributed by atoms with Gasteiger partial charge in [-0.3, -0.25) is 14.9 Å². The summed E-state index contributed by atoms with van der Waals surface area (Å²) in [6.07, 6.45) is 1.41. The van der Waals surface area contributed by atoms with Crippen molar-refractivity contribution in [1.82, 2.24) is 20.2 Å². The van der Waals surface area contributed by atoms with E-state index in [-0.39, 0.29) is 16.3 Å². The maximum absolute atomic E-state index is 12.3. The van der Waals surface area contributed by atoms with Gasteiger partial charge in [-0.1, -0.05) is 17.7 Å². The number of amides is 1. The second kappa shape index (κ2) is 6.42. The molecule has 1 N–H and O–H groups in total. The van der Waals surface area contributed by atoms with Gasteiger partial charge in [0.15, 0.2) is 0 Å². The standard InChI is InChI=1S/C14H9ClN6O3/c15-9-4-5-12(13(6-9)21(23)24)14(22)17-10-2-1-3-11(7-10)20-8-16-18-19-20/h1-8H,(H,17,22). The molecule has 0 atom stereocenters. The van der Waals surface area contributed by atoms with Crippen LogP contribution in [0.5, 0.6) is 0 Å². The molecule has 1 amide bonds. The second-order valence-electron chi connectivity index (χ2n) is 4.68. The van der Waals surface area contributed by atoms with Crippen LogP contribution in [0.1, 0.15) is 10.4 Å². The molecule has 120 valence electrons. The van der Waals surface area contributed by atoms with Gasteiger partial charge in [-0.15, -0.1) is 5.10 Å². The Hall–Kier alpha value is -3.33. The molecule has 0 fully saturated rings. The Morgan fingerprint density at radius 3 is 2.79 bits per heavy atom. The van der Waals surface area contributed by atoms with Crippen molar-refractivity contribution in [2.24, 2.45) is 0 Å². The maximum atomic E-state index is 12.3. The molecule has 9 nitrogen and oxygen atoms in total. The molecule has 3 aromatic rings. The Morgan fingerprint density at radius 1 is 1.25 bits per heavy atom. The molecule has 0 spiro atoms. The van der Waals surface area contributed by atoms with Gasteiger partial charge >= 0.3 is 0 Å². The molecule has 0 aliphatic carbocycles. The molecule has 2 aromatic carbocycles. The van der Waals surface area contributed by atoms with Crippen molar-refractivity contribution in [2.75, 3.05) is 5.32 Å². The molecule has 0 bridgehead atoms. The first kappa shape index (κ1) is 15.6. The molecule has 10 heteroatoms. The summed E-state index contributed by atoms with van der Waals surface area (Å²) in [7, 11) is 0. The predicted molar refractivity (Wildman–Crippen MR) is 85.2 cm³/mol. The number of rotatable bonds is 4. The third kappa shape index (κ3) is 3.20. The number of carbonyl (C=O) groups excluding carboxylic acids is 1. The first-order valence-electron chi connectivity index (χ1n) is 6.63. The van der Waals surface area contributed by atoms with Crippen molar-refractivity contribution in [1.29, 1.82) is 0 Å². The van der Waals surface area contributed by atoms with Gasteiger partial charge in [0.05, 0.1) is 10.6 Å². The van der Waals surface area contributed by atoms with Gasteiger partial charge < -0.3 is 5.32 Å². The maximum Gasteiger partial charge on any atom is 0.283 e. The number of nitro benzene ring substituents is 1. The molecule has 0 radical (unpaired) electrons. The van der Waals surface area contributed by atoms with Crippen molar-refractivity contribution in [3.63, 3.8) is 0 Å². The number of anilines is 1. The van der Waals surface area contributed by atoms with Crippen molar-refractivity contribution in [3.8, 4) is 5.69 Å².